The number of nitrogens with zero attached hydrogens (tertiary/aromatic N) is 1. The second kappa shape index (κ2) is 4.86. The Kier molecular flexibility index (Phi) is 3.27. The predicted molar refractivity (Wildman–Crippen MR) is 59.5 cm³/mol. The second-order valence-electron chi connectivity index (χ2n) is 3.89. The van der Waals surface area contributed by atoms with Gasteiger partial charge in [-0.15, -0.1) is 0 Å². The summed E-state index contributed by atoms with van der Waals surface area (Å²) in [6.45, 7) is 0.102. The highest BCUT2D eigenvalue weighted by Crippen LogP contribution is 2.26. The molecule has 1 heterocycles. The fourth-order valence-corrected chi connectivity index (χ4v) is 1.83. The van der Waals surface area contributed by atoms with Crippen LogP contribution in [0.15, 0.2) is 30.3 Å². The van der Waals surface area contributed by atoms with Crippen LogP contribution in [0.3, 0.4) is 0 Å². The maximum absolute atomic E-state index is 11.6. The molecule has 17 heavy (non-hydrogen) atoms. The number of ether oxygens (including phenoxy) is 1. The summed E-state index contributed by atoms with van der Waals surface area (Å²) in [5, 5.41) is 8.62. The Hall–Kier alpha value is -2.04. The van der Waals surface area contributed by atoms with Crippen LogP contribution >= 0.6 is 0 Å². The van der Waals surface area contributed by atoms with Gasteiger partial charge in [-0.2, -0.15) is 0 Å². The van der Waals surface area contributed by atoms with Crippen LogP contribution in [0.1, 0.15) is 18.1 Å². The molecule has 1 aliphatic rings. The van der Waals surface area contributed by atoms with E-state index in [1.54, 1.807) is 0 Å². The summed E-state index contributed by atoms with van der Waals surface area (Å²) in [4.78, 5) is 23.3. The van der Waals surface area contributed by atoms with E-state index in [0.717, 1.165) is 5.56 Å². The number of rotatable bonds is 3. The van der Waals surface area contributed by atoms with E-state index in [2.05, 4.69) is 0 Å². The van der Waals surface area contributed by atoms with Gasteiger partial charge in [0.2, 0.25) is 0 Å². The molecule has 1 aromatic rings. The summed E-state index contributed by atoms with van der Waals surface area (Å²) in [5.74, 6) is -1.03. The lowest BCUT2D eigenvalue weighted by Gasteiger charge is -2.30. The van der Waals surface area contributed by atoms with Gasteiger partial charge in [-0.25, -0.2) is 4.79 Å². The Morgan fingerprint density at radius 1 is 1.41 bits per heavy atom. The van der Waals surface area contributed by atoms with Crippen molar-refractivity contribution in [3.05, 3.63) is 35.9 Å². The molecule has 5 heteroatoms. The maximum Gasteiger partial charge on any atom is 0.410 e. The quantitative estimate of drug-likeness (QED) is 0.865. The number of carbonyl (C=O) groups excluding carboxylic acids is 1. The van der Waals surface area contributed by atoms with Crippen molar-refractivity contribution in [2.24, 2.45) is 0 Å². The zero-order valence-corrected chi connectivity index (χ0v) is 9.20. The van der Waals surface area contributed by atoms with Crippen molar-refractivity contribution in [1.82, 2.24) is 4.90 Å². The molecule has 0 radical (unpaired) electrons. The third kappa shape index (κ3) is 2.75. The van der Waals surface area contributed by atoms with Gasteiger partial charge in [-0.3, -0.25) is 9.69 Å². The van der Waals surface area contributed by atoms with Crippen molar-refractivity contribution < 1.29 is 19.4 Å². The molecule has 1 aromatic carbocycles. The van der Waals surface area contributed by atoms with Crippen LogP contribution < -0.4 is 0 Å². The van der Waals surface area contributed by atoms with Gasteiger partial charge in [0.1, 0.15) is 12.6 Å². The first-order chi connectivity index (χ1) is 8.16. The molecule has 1 N–H and O–H groups in total. The zero-order valence-electron chi connectivity index (χ0n) is 9.20. The molecular formula is C12H13NO4. The minimum atomic E-state index is -1.03. The van der Waals surface area contributed by atoms with Gasteiger partial charge < -0.3 is 9.84 Å². The Balaban J connectivity index is 2.00. The van der Waals surface area contributed by atoms with E-state index in [0.29, 0.717) is 13.0 Å². The lowest BCUT2D eigenvalue weighted by atomic mass is 10.1. The van der Waals surface area contributed by atoms with Crippen molar-refractivity contribution in [1.29, 1.82) is 0 Å². The minimum Gasteiger partial charge on any atom is -0.480 e. The van der Waals surface area contributed by atoms with Crippen LogP contribution in [0.25, 0.3) is 0 Å². The number of aliphatic carboxylic acids is 1. The molecule has 0 bridgehead atoms. The predicted octanol–water partition coefficient (Wildman–Crippen LogP) is 1.65. The summed E-state index contributed by atoms with van der Waals surface area (Å²) in [7, 11) is 0. The van der Waals surface area contributed by atoms with Gasteiger partial charge in [-0.1, -0.05) is 30.3 Å². The Bertz CT molecular complexity index is 418. The molecule has 2 rings (SSSR count). The molecule has 0 aromatic heterocycles. The summed E-state index contributed by atoms with van der Waals surface area (Å²) in [6, 6.07) is 9.44. The average molecular weight is 235 g/mol. The molecule has 0 aliphatic carbocycles. The standard InChI is InChI=1S/C12H13NO4/c14-11(15)8-13-7-6-10(17-12(13)16)9-4-2-1-3-5-9/h1-5,10H,6-8H2,(H,14,15). The Morgan fingerprint density at radius 3 is 2.71 bits per heavy atom. The topological polar surface area (TPSA) is 66.8 Å². The van der Waals surface area contributed by atoms with Crippen LogP contribution in [0.5, 0.6) is 0 Å². The summed E-state index contributed by atoms with van der Waals surface area (Å²) >= 11 is 0. The van der Waals surface area contributed by atoms with Crippen LogP contribution in [0, 0.1) is 0 Å². The molecule has 1 saturated heterocycles. The minimum absolute atomic E-state index is 0.270. The molecule has 90 valence electrons. The molecule has 1 fully saturated rings. The van der Waals surface area contributed by atoms with Crippen molar-refractivity contribution in [2.45, 2.75) is 12.5 Å². The number of carboxylic acids is 1. The summed E-state index contributed by atoms with van der Waals surface area (Å²) < 4.78 is 5.21. The third-order valence-electron chi connectivity index (χ3n) is 2.66. The van der Waals surface area contributed by atoms with Crippen molar-refractivity contribution in [2.75, 3.05) is 13.1 Å². The Morgan fingerprint density at radius 2 is 2.12 bits per heavy atom. The number of cyclic esters (lactones) is 1. The first-order valence-corrected chi connectivity index (χ1v) is 5.39. The molecule has 0 spiro atoms. The van der Waals surface area contributed by atoms with Gasteiger partial charge in [0.25, 0.3) is 0 Å². The number of benzene rings is 1. The number of amides is 1. The molecule has 0 saturated carbocycles. The fraction of sp³-hybridized carbons (Fsp3) is 0.333. The van der Waals surface area contributed by atoms with E-state index in [4.69, 9.17) is 9.84 Å². The molecule has 1 unspecified atom stereocenters. The monoisotopic (exact) mass is 235 g/mol. The molecule has 1 atom stereocenters. The van der Waals surface area contributed by atoms with Gasteiger partial charge in [0.15, 0.2) is 0 Å². The fourth-order valence-electron chi connectivity index (χ4n) is 1.83. The van der Waals surface area contributed by atoms with Gasteiger partial charge in [0, 0.05) is 13.0 Å². The highest BCUT2D eigenvalue weighted by molar-refractivity contribution is 5.77. The lowest BCUT2D eigenvalue weighted by Crippen LogP contribution is -2.41. The van der Waals surface area contributed by atoms with Crippen molar-refractivity contribution in [3.8, 4) is 0 Å². The van der Waals surface area contributed by atoms with Crippen molar-refractivity contribution >= 4 is 12.1 Å². The highest BCUT2D eigenvalue weighted by Gasteiger charge is 2.29. The second-order valence-corrected chi connectivity index (χ2v) is 3.89. The smallest absolute Gasteiger partial charge is 0.410 e. The highest BCUT2D eigenvalue weighted by atomic mass is 16.6. The number of carboxylic acid groups (broad SMARTS) is 1. The number of hydrogen-bond donors (Lipinski definition) is 1. The van der Waals surface area contributed by atoms with Gasteiger partial charge in [-0.05, 0) is 5.56 Å². The Labute approximate surface area is 98.6 Å². The van der Waals surface area contributed by atoms with Crippen LogP contribution in [0.4, 0.5) is 4.79 Å². The van der Waals surface area contributed by atoms with E-state index in [9.17, 15) is 9.59 Å². The van der Waals surface area contributed by atoms with Crippen LogP contribution in [-0.4, -0.2) is 35.2 Å². The maximum atomic E-state index is 11.6. The molecule has 1 aliphatic heterocycles. The van der Waals surface area contributed by atoms with E-state index in [1.165, 1.54) is 4.90 Å². The first-order valence-electron chi connectivity index (χ1n) is 5.39. The van der Waals surface area contributed by atoms with E-state index in [1.807, 2.05) is 30.3 Å². The lowest BCUT2D eigenvalue weighted by molar-refractivity contribution is -0.138. The van der Waals surface area contributed by atoms with E-state index >= 15 is 0 Å². The van der Waals surface area contributed by atoms with Crippen molar-refractivity contribution in [3.63, 3.8) is 0 Å². The summed E-state index contributed by atoms with van der Waals surface area (Å²) in [5.41, 5.74) is 0.941. The zero-order chi connectivity index (χ0) is 12.3. The van der Waals surface area contributed by atoms with E-state index < -0.39 is 12.1 Å². The molecule has 1 amide bonds. The van der Waals surface area contributed by atoms with Crippen LogP contribution in [-0.2, 0) is 9.53 Å². The summed E-state index contributed by atoms with van der Waals surface area (Å²) in [6.07, 6.45) is -0.218. The normalized spacial score (nSPS) is 19.9. The number of carbonyl (C=O) groups is 2. The van der Waals surface area contributed by atoms with Gasteiger partial charge >= 0.3 is 12.1 Å². The number of hydrogen-bond acceptors (Lipinski definition) is 3. The SMILES string of the molecule is O=C(O)CN1CCC(c2ccccc2)OC1=O. The van der Waals surface area contributed by atoms with Crippen LogP contribution in [0.2, 0.25) is 0 Å². The molecular weight excluding hydrogens is 222 g/mol. The van der Waals surface area contributed by atoms with Gasteiger partial charge in [0.05, 0.1) is 0 Å². The third-order valence-corrected chi connectivity index (χ3v) is 2.66. The first kappa shape index (κ1) is 11.4. The molecule has 5 nitrogen and oxygen atoms in total. The van der Waals surface area contributed by atoms with E-state index in [-0.39, 0.29) is 12.6 Å². The average Bonchev–Trinajstić information content (AvgIpc) is 2.32. The largest absolute Gasteiger partial charge is 0.480 e.